The molecule has 0 aromatic carbocycles. The van der Waals surface area contributed by atoms with Gasteiger partial charge in [0.2, 0.25) is 0 Å². The van der Waals surface area contributed by atoms with Crippen LogP contribution in [0, 0.1) is 0 Å². The van der Waals surface area contributed by atoms with Gasteiger partial charge in [0, 0.05) is 18.2 Å². The fourth-order valence-electron chi connectivity index (χ4n) is 2.23. The second kappa shape index (κ2) is 5.21. The van der Waals surface area contributed by atoms with E-state index in [4.69, 9.17) is 0 Å². The Balaban J connectivity index is 1.90. The molecule has 0 spiro atoms. The van der Waals surface area contributed by atoms with Gasteiger partial charge in [-0.1, -0.05) is 12.8 Å². The number of amides is 2. The van der Waals surface area contributed by atoms with E-state index < -0.39 is 0 Å². The van der Waals surface area contributed by atoms with Gasteiger partial charge in [0.15, 0.2) is 0 Å². The van der Waals surface area contributed by atoms with Gasteiger partial charge in [0.25, 0.3) is 0 Å². The van der Waals surface area contributed by atoms with Crippen LogP contribution in [0.1, 0.15) is 45.6 Å². The summed E-state index contributed by atoms with van der Waals surface area (Å²) < 4.78 is 1.80. The fraction of sp³-hybridized carbons (Fsp3) is 0.667. The highest BCUT2D eigenvalue weighted by atomic mass is 16.2. The molecule has 0 atom stereocenters. The van der Waals surface area contributed by atoms with E-state index in [1.165, 1.54) is 12.8 Å². The molecule has 0 unspecified atom stereocenters. The van der Waals surface area contributed by atoms with Crippen molar-refractivity contribution < 1.29 is 4.79 Å². The van der Waals surface area contributed by atoms with Crippen molar-refractivity contribution in [1.29, 1.82) is 0 Å². The molecular formula is C12H20N4O. The first-order chi connectivity index (χ1) is 8.16. The predicted molar refractivity (Wildman–Crippen MR) is 67.0 cm³/mol. The minimum absolute atomic E-state index is 0.126. The van der Waals surface area contributed by atoms with Gasteiger partial charge in [-0.25, -0.2) is 9.48 Å². The second-order valence-corrected chi connectivity index (χ2v) is 4.83. The van der Waals surface area contributed by atoms with Crippen LogP contribution in [-0.4, -0.2) is 21.9 Å². The Hall–Kier alpha value is -1.52. The van der Waals surface area contributed by atoms with Crippen molar-refractivity contribution in [3.05, 3.63) is 12.3 Å². The van der Waals surface area contributed by atoms with E-state index in [1.807, 2.05) is 19.9 Å². The first-order valence-corrected chi connectivity index (χ1v) is 6.28. The van der Waals surface area contributed by atoms with Crippen LogP contribution in [-0.2, 0) is 0 Å². The first-order valence-electron chi connectivity index (χ1n) is 6.28. The minimum Gasteiger partial charge on any atom is -0.335 e. The van der Waals surface area contributed by atoms with E-state index in [0.29, 0.717) is 6.04 Å². The molecule has 0 aliphatic heterocycles. The van der Waals surface area contributed by atoms with Gasteiger partial charge in [-0.3, -0.25) is 5.32 Å². The molecule has 1 heterocycles. The van der Waals surface area contributed by atoms with Crippen LogP contribution in [0.4, 0.5) is 10.6 Å². The summed E-state index contributed by atoms with van der Waals surface area (Å²) in [6, 6.07) is 2.27. The number of carbonyl (C=O) groups excluding carboxylic acids is 1. The highest BCUT2D eigenvalue weighted by Gasteiger charge is 2.17. The topological polar surface area (TPSA) is 59.0 Å². The lowest BCUT2D eigenvalue weighted by atomic mass is 10.2. The van der Waals surface area contributed by atoms with E-state index in [1.54, 1.807) is 10.9 Å². The molecule has 1 aromatic rings. The van der Waals surface area contributed by atoms with Crippen LogP contribution in [0.3, 0.4) is 0 Å². The molecule has 5 nitrogen and oxygen atoms in total. The van der Waals surface area contributed by atoms with Crippen molar-refractivity contribution in [3.63, 3.8) is 0 Å². The predicted octanol–water partition coefficient (Wildman–Crippen LogP) is 2.53. The number of hydrogen-bond acceptors (Lipinski definition) is 2. The van der Waals surface area contributed by atoms with Crippen molar-refractivity contribution in [2.45, 2.75) is 51.6 Å². The molecule has 2 amide bonds. The van der Waals surface area contributed by atoms with Crippen LogP contribution in [0.15, 0.2) is 12.3 Å². The average molecular weight is 236 g/mol. The summed E-state index contributed by atoms with van der Waals surface area (Å²) in [5, 5.41) is 10.0. The maximum Gasteiger partial charge on any atom is 0.320 e. The molecule has 0 bridgehead atoms. The van der Waals surface area contributed by atoms with Gasteiger partial charge in [0.05, 0.1) is 6.20 Å². The van der Waals surface area contributed by atoms with Gasteiger partial charge in [-0.2, -0.15) is 5.10 Å². The van der Waals surface area contributed by atoms with Gasteiger partial charge in [0.1, 0.15) is 5.82 Å². The molecule has 17 heavy (non-hydrogen) atoms. The molecule has 0 radical (unpaired) electrons. The van der Waals surface area contributed by atoms with Crippen LogP contribution in [0.25, 0.3) is 0 Å². The third-order valence-corrected chi connectivity index (χ3v) is 3.09. The summed E-state index contributed by atoms with van der Waals surface area (Å²) in [5.41, 5.74) is 0. The monoisotopic (exact) mass is 236 g/mol. The van der Waals surface area contributed by atoms with Crippen molar-refractivity contribution in [2.24, 2.45) is 0 Å². The number of rotatable bonds is 3. The lowest BCUT2D eigenvalue weighted by Gasteiger charge is -2.15. The Kier molecular flexibility index (Phi) is 3.66. The fourth-order valence-corrected chi connectivity index (χ4v) is 2.23. The summed E-state index contributed by atoms with van der Waals surface area (Å²) in [7, 11) is 0. The molecule has 1 aliphatic rings. The highest BCUT2D eigenvalue weighted by molar-refractivity contribution is 5.88. The van der Waals surface area contributed by atoms with Gasteiger partial charge < -0.3 is 5.32 Å². The zero-order valence-corrected chi connectivity index (χ0v) is 10.4. The third kappa shape index (κ3) is 2.99. The number of nitrogens with one attached hydrogen (secondary N) is 2. The van der Waals surface area contributed by atoms with E-state index in [0.717, 1.165) is 18.7 Å². The lowest BCUT2D eigenvalue weighted by molar-refractivity contribution is 0.248. The zero-order valence-electron chi connectivity index (χ0n) is 10.4. The molecule has 0 saturated heterocycles. The van der Waals surface area contributed by atoms with Crippen molar-refractivity contribution in [1.82, 2.24) is 15.1 Å². The molecule has 2 rings (SSSR count). The third-order valence-electron chi connectivity index (χ3n) is 3.09. The quantitative estimate of drug-likeness (QED) is 0.847. The van der Waals surface area contributed by atoms with Crippen molar-refractivity contribution >= 4 is 11.8 Å². The second-order valence-electron chi connectivity index (χ2n) is 4.83. The molecular weight excluding hydrogens is 216 g/mol. The SMILES string of the molecule is CC(C)n1nccc1NC(=O)NC1CCCC1. The number of carbonyl (C=O) groups is 1. The zero-order chi connectivity index (χ0) is 12.3. The number of nitrogens with zero attached hydrogens (tertiary/aromatic N) is 2. The van der Waals surface area contributed by atoms with Gasteiger partial charge >= 0.3 is 6.03 Å². The Morgan fingerprint density at radius 1 is 1.47 bits per heavy atom. The summed E-state index contributed by atoms with van der Waals surface area (Å²) in [4.78, 5) is 11.8. The molecule has 2 N–H and O–H groups in total. The summed E-state index contributed by atoms with van der Waals surface area (Å²) in [6.07, 6.45) is 6.32. The van der Waals surface area contributed by atoms with Gasteiger partial charge in [-0.15, -0.1) is 0 Å². The summed E-state index contributed by atoms with van der Waals surface area (Å²) >= 11 is 0. The molecule has 1 aromatic heterocycles. The van der Waals surface area contributed by atoms with Crippen LogP contribution in [0.2, 0.25) is 0 Å². The van der Waals surface area contributed by atoms with Crippen LogP contribution >= 0.6 is 0 Å². The minimum atomic E-state index is -0.126. The maximum atomic E-state index is 11.8. The van der Waals surface area contributed by atoms with E-state index in [2.05, 4.69) is 15.7 Å². The van der Waals surface area contributed by atoms with E-state index >= 15 is 0 Å². The Bertz CT molecular complexity index is 380. The lowest BCUT2D eigenvalue weighted by Crippen LogP contribution is -2.36. The van der Waals surface area contributed by atoms with Crippen LogP contribution < -0.4 is 10.6 Å². The van der Waals surface area contributed by atoms with Crippen LogP contribution in [0.5, 0.6) is 0 Å². The number of anilines is 1. The normalized spacial score (nSPS) is 16.4. The number of aromatic nitrogens is 2. The van der Waals surface area contributed by atoms with E-state index in [9.17, 15) is 4.79 Å². The number of hydrogen-bond donors (Lipinski definition) is 2. The van der Waals surface area contributed by atoms with E-state index in [-0.39, 0.29) is 12.1 Å². The Labute approximate surface area is 102 Å². The molecule has 5 heteroatoms. The largest absolute Gasteiger partial charge is 0.335 e. The van der Waals surface area contributed by atoms with Crippen molar-refractivity contribution in [3.8, 4) is 0 Å². The first kappa shape index (κ1) is 12.0. The molecule has 94 valence electrons. The Morgan fingerprint density at radius 3 is 2.82 bits per heavy atom. The molecule has 1 aliphatic carbocycles. The highest BCUT2D eigenvalue weighted by Crippen LogP contribution is 2.18. The summed E-state index contributed by atoms with van der Waals surface area (Å²) in [5.74, 6) is 0.746. The molecule has 1 saturated carbocycles. The Morgan fingerprint density at radius 2 is 2.18 bits per heavy atom. The van der Waals surface area contributed by atoms with Gasteiger partial charge in [-0.05, 0) is 26.7 Å². The number of urea groups is 1. The summed E-state index contributed by atoms with van der Waals surface area (Å²) in [6.45, 7) is 4.07. The molecule has 1 fully saturated rings. The standard InChI is InChI=1S/C12H20N4O/c1-9(2)16-11(7-8-13-16)15-12(17)14-10-5-3-4-6-10/h7-10H,3-6H2,1-2H3,(H2,14,15,17). The maximum absolute atomic E-state index is 11.8. The van der Waals surface area contributed by atoms with Crippen molar-refractivity contribution in [2.75, 3.05) is 5.32 Å². The smallest absolute Gasteiger partial charge is 0.320 e. The average Bonchev–Trinajstić information content (AvgIpc) is 2.88.